The minimum Gasteiger partial charge on any atom is -0.350 e. The lowest BCUT2D eigenvalue weighted by Crippen LogP contribution is -2.18. The van der Waals surface area contributed by atoms with Gasteiger partial charge in [-0.25, -0.2) is 0 Å². The first-order chi connectivity index (χ1) is 8.33. The van der Waals surface area contributed by atoms with Gasteiger partial charge in [0.2, 0.25) is 0 Å². The van der Waals surface area contributed by atoms with E-state index in [1.54, 1.807) is 0 Å². The second-order valence-electron chi connectivity index (χ2n) is 4.36. The Hall–Kier alpha value is -0.930. The highest BCUT2D eigenvalue weighted by Crippen LogP contribution is 2.20. The molecule has 0 bridgehead atoms. The first-order valence-corrected chi connectivity index (χ1v) is 6.80. The van der Waals surface area contributed by atoms with E-state index in [4.69, 9.17) is 0 Å². The zero-order chi connectivity index (χ0) is 12.1. The van der Waals surface area contributed by atoms with Gasteiger partial charge in [-0.2, -0.15) is 12.6 Å². The van der Waals surface area contributed by atoms with Gasteiger partial charge in [-0.15, -0.1) is 0 Å². The van der Waals surface area contributed by atoms with Crippen LogP contribution in [-0.4, -0.2) is 23.4 Å². The van der Waals surface area contributed by atoms with Crippen LogP contribution in [0.3, 0.4) is 0 Å². The van der Waals surface area contributed by atoms with Crippen LogP contribution in [0.2, 0.25) is 0 Å². The third kappa shape index (κ3) is 3.05. The predicted molar refractivity (Wildman–Crippen MR) is 78.0 cm³/mol. The summed E-state index contributed by atoms with van der Waals surface area (Å²) < 4.78 is 2.21. The molecule has 1 aromatic heterocycles. The van der Waals surface area contributed by atoms with E-state index in [2.05, 4.69) is 60.0 Å². The molecule has 0 spiro atoms. The van der Waals surface area contributed by atoms with Gasteiger partial charge in [0.05, 0.1) is 0 Å². The summed E-state index contributed by atoms with van der Waals surface area (Å²) in [5.74, 6) is 0.960. The molecule has 0 amide bonds. The van der Waals surface area contributed by atoms with E-state index in [-0.39, 0.29) is 0 Å². The number of aromatic nitrogens is 1. The molecular formula is C14H20N2S. The summed E-state index contributed by atoms with van der Waals surface area (Å²) >= 11 is 4.20. The van der Waals surface area contributed by atoms with Crippen molar-refractivity contribution >= 4 is 23.5 Å². The number of benzene rings is 1. The maximum absolute atomic E-state index is 4.20. The largest absolute Gasteiger partial charge is 0.350 e. The van der Waals surface area contributed by atoms with Crippen molar-refractivity contribution in [2.75, 3.05) is 18.8 Å². The topological polar surface area (TPSA) is 17.0 Å². The van der Waals surface area contributed by atoms with Gasteiger partial charge < -0.3 is 9.88 Å². The van der Waals surface area contributed by atoms with Gasteiger partial charge in [0, 0.05) is 24.1 Å². The van der Waals surface area contributed by atoms with Gasteiger partial charge >= 0.3 is 0 Å². The van der Waals surface area contributed by atoms with Crippen molar-refractivity contribution in [3.8, 4) is 0 Å². The number of hydrogen-bond acceptors (Lipinski definition) is 2. The van der Waals surface area contributed by atoms with E-state index >= 15 is 0 Å². The SMILES string of the molecule is Cn1cc(CCNCCCS)c2ccccc21. The molecule has 0 unspecified atom stereocenters. The number of nitrogens with zero attached hydrogens (tertiary/aromatic N) is 1. The minimum atomic E-state index is 0.960. The average Bonchev–Trinajstić information content (AvgIpc) is 2.67. The Bertz CT molecular complexity index is 476. The van der Waals surface area contributed by atoms with Crippen LogP contribution in [0.1, 0.15) is 12.0 Å². The second-order valence-corrected chi connectivity index (χ2v) is 4.81. The maximum atomic E-state index is 4.20. The Labute approximate surface area is 108 Å². The van der Waals surface area contributed by atoms with Crippen molar-refractivity contribution in [3.05, 3.63) is 36.0 Å². The number of fused-ring (bicyclic) bond motifs is 1. The first-order valence-electron chi connectivity index (χ1n) is 6.17. The standard InChI is InChI=1S/C14H20N2S/c1-16-11-12(7-9-15-8-4-10-17)13-5-2-3-6-14(13)16/h2-3,5-6,11,15,17H,4,7-10H2,1H3. The van der Waals surface area contributed by atoms with Crippen molar-refractivity contribution < 1.29 is 0 Å². The third-order valence-electron chi connectivity index (χ3n) is 3.06. The molecule has 0 radical (unpaired) electrons. The van der Waals surface area contributed by atoms with E-state index in [0.29, 0.717) is 0 Å². The van der Waals surface area contributed by atoms with E-state index in [1.807, 2.05) is 0 Å². The molecule has 1 aromatic carbocycles. The quantitative estimate of drug-likeness (QED) is 0.593. The van der Waals surface area contributed by atoms with Crippen LogP contribution in [0.5, 0.6) is 0 Å². The van der Waals surface area contributed by atoms with Crippen molar-refractivity contribution in [3.63, 3.8) is 0 Å². The molecule has 2 aromatic rings. The van der Waals surface area contributed by atoms with Crippen LogP contribution in [0.25, 0.3) is 10.9 Å². The van der Waals surface area contributed by atoms with Crippen LogP contribution in [-0.2, 0) is 13.5 Å². The van der Waals surface area contributed by atoms with Crippen LogP contribution >= 0.6 is 12.6 Å². The summed E-state index contributed by atoms with van der Waals surface area (Å²) in [5, 5.41) is 4.83. The molecule has 0 aliphatic carbocycles. The highest BCUT2D eigenvalue weighted by molar-refractivity contribution is 7.80. The van der Waals surface area contributed by atoms with Crippen molar-refractivity contribution in [2.45, 2.75) is 12.8 Å². The van der Waals surface area contributed by atoms with Gasteiger partial charge in [-0.1, -0.05) is 18.2 Å². The Morgan fingerprint density at radius 1 is 1.24 bits per heavy atom. The highest BCUT2D eigenvalue weighted by atomic mass is 32.1. The van der Waals surface area contributed by atoms with Crippen LogP contribution in [0.15, 0.2) is 30.5 Å². The highest BCUT2D eigenvalue weighted by Gasteiger charge is 2.04. The molecule has 0 aliphatic heterocycles. The number of aryl methyl sites for hydroxylation is 1. The molecule has 0 saturated heterocycles. The average molecular weight is 248 g/mol. The zero-order valence-electron chi connectivity index (χ0n) is 10.3. The molecule has 92 valence electrons. The Morgan fingerprint density at radius 3 is 2.88 bits per heavy atom. The second kappa shape index (κ2) is 6.12. The molecule has 17 heavy (non-hydrogen) atoms. The number of rotatable bonds is 6. The molecular weight excluding hydrogens is 228 g/mol. The van der Waals surface area contributed by atoms with E-state index in [9.17, 15) is 0 Å². The smallest absolute Gasteiger partial charge is 0.0480 e. The number of thiol groups is 1. The summed E-state index contributed by atoms with van der Waals surface area (Å²) in [4.78, 5) is 0. The number of para-hydroxylation sites is 1. The third-order valence-corrected chi connectivity index (χ3v) is 3.38. The monoisotopic (exact) mass is 248 g/mol. The first kappa shape index (κ1) is 12.5. The van der Waals surface area contributed by atoms with Crippen molar-refractivity contribution in [1.82, 2.24) is 9.88 Å². The van der Waals surface area contributed by atoms with Crippen LogP contribution in [0.4, 0.5) is 0 Å². The molecule has 2 rings (SSSR count). The Kier molecular flexibility index (Phi) is 4.51. The van der Waals surface area contributed by atoms with Gasteiger partial charge in [0.15, 0.2) is 0 Å². The van der Waals surface area contributed by atoms with Gasteiger partial charge in [0.25, 0.3) is 0 Å². The molecule has 0 atom stereocenters. The van der Waals surface area contributed by atoms with Gasteiger partial charge in [-0.3, -0.25) is 0 Å². The lowest BCUT2D eigenvalue weighted by atomic mass is 10.1. The molecule has 0 aliphatic rings. The molecule has 3 heteroatoms. The predicted octanol–water partition coefficient (Wildman–Crippen LogP) is 2.63. The fourth-order valence-electron chi connectivity index (χ4n) is 2.18. The fourth-order valence-corrected chi connectivity index (χ4v) is 2.34. The summed E-state index contributed by atoms with van der Waals surface area (Å²) in [6.07, 6.45) is 4.47. The fraction of sp³-hybridized carbons (Fsp3) is 0.429. The number of nitrogens with one attached hydrogen (secondary N) is 1. The van der Waals surface area contributed by atoms with Gasteiger partial charge in [0.1, 0.15) is 0 Å². The lowest BCUT2D eigenvalue weighted by molar-refractivity contribution is 0.675. The minimum absolute atomic E-state index is 0.960. The summed E-state index contributed by atoms with van der Waals surface area (Å²) in [7, 11) is 2.11. The molecule has 1 heterocycles. The van der Waals surface area contributed by atoms with E-state index in [1.165, 1.54) is 16.5 Å². The van der Waals surface area contributed by atoms with Crippen molar-refractivity contribution in [2.24, 2.45) is 7.05 Å². The summed E-state index contributed by atoms with van der Waals surface area (Å²) in [5.41, 5.74) is 2.75. The van der Waals surface area contributed by atoms with Crippen LogP contribution in [0, 0.1) is 0 Å². The molecule has 0 fully saturated rings. The van der Waals surface area contributed by atoms with Crippen LogP contribution < -0.4 is 5.32 Å². The molecule has 0 saturated carbocycles. The maximum Gasteiger partial charge on any atom is 0.0480 e. The summed E-state index contributed by atoms with van der Waals surface area (Å²) in [6.45, 7) is 2.11. The van der Waals surface area contributed by atoms with Gasteiger partial charge in [-0.05, 0) is 43.3 Å². The van der Waals surface area contributed by atoms with E-state index in [0.717, 1.165) is 31.7 Å². The Balaban J connectivity index is 1.99. The normalized spacial score (nSPS) is 11.2. The summed E-state index contributed by atoms with van der Waals surface area (Å²) in [6, 6.07) is 8.59. The molecule has 2 nitrogen and oxygen atoms in total. The Morgan fingerprint density at radius 2 is 2.06 bits per heavy atom. The lowest BCUT2D eigenvalue weighted by Gasteiger charge is -2.02. The number of hydrogen-bond donors (Lipinski definition) is 2. The zero-order valence-corrected chi connectivity index (χ0v) is 11.2. The van der Waals surface area contributed by atoms with E-state index < -0.39 is 0 Å². The van der Waals surface area contributed by atoms with Crippen molar-refractivity contribution in [1.29, 1.82) is 0 Å². The molecule has 1 N–H and O–H groups in total.